The summed E-state index contributed by atoms with van der Waals surface area (Å²) < 4.78 is 42.8. The van der Waals surface area contributed by atoms with E-state index in [4.69, 9.17) is 15.2 Å². The number of hydrogen-bond donors (Lipinski definition) is 4. The molecule has 3 unspecified atom stereocenters. The molecule has 5 rings (SSSR count). The maximum atomic E-state index is 14.4. The van der Waals surface area contributed by atoms with Gasteiger partial charge >= 0.3 is 6.01 Å². The smallest absolute Gasteiger partial charge is 0.321 e. The first-order chi connectivity index (χ1) is 18.9. The number of nitrogens with two attached hydrogens (primary N) is 1. The first-order valence-corrected chi connectivity index (χ1v) is 13.7. The zero-order valence-electron chi connectivity index (χ0n) is 20.6. The van der Waals surface area contributed by atoms with E-state index in [2.05, 4.69) is 35.3 Å². The first kappa shape index (κ1) is 27.2. The molecule has 5 N–H and O–H groups in total. The molecular formula is C22H25F2N9O4S2. The van der Waals surface area contributed by atoms with Crippen molar-refractivity contribution in [2.24, 2.45) is 16.6 Å². The third-order valence-electron chi connectivity index (χ3n) is 5.98. The van der Waals surface area contributed by atoms with Gasteiger partial charge in [0.2, 0.25) is 11.9 Å². The van der Waals surface area contributed by atoms with Crippen molar-refractivity contribution < 1.29 is 27.8 Å². The molecule has 2 saturated heterocycles. The summed E-state index contributed by atoms with van der Waals surface area (Å²) in [6.45, 7) is 2.49. The van der Waals surface area contributed by atoms with Crippen molar-refractivity contribution in [2.45, 2.75) is 31.5 Å². The van der Waals surface area contributed by atoms with E-state index in [1.807, 2.05) is 0 Å². The molecule has 2 fully saturated rings. The number of rotatable bonds is 10. The molecule has 2 aliphatic heterocycles. The monoisotopic (exact) mass is 581 g/mol. The maximum Gasteiger partial charge on any atom is 0.321 e. The van der Waals surface area contributed by atoms with E-state index in [-0.39, 0.29) is 57.2 Å². The van der Waals surface area contributed by atoms with E-state index >= 15 is 0 Å². The number of hydrogen-bond acceptors (Lipinski definition) is 12. The number of ether oxygens (including phenoxy) is 2. The molecule has 0 aliphatic carbocycles. The van der Waals surface area contributed by atoms with Gasteiger partial charge in [-0.3, -0.25) is 29.2 Å². The van der Waals surface area contributed by atoms with Gasteiger partial charge in [-0.1, -0.05) is 11.3 Å². The molecule has 3 aromatic rings. The Hall–Kier alpha value is -3.41. The van der Waals surface area contributed by atoms with Crippen molar-refractivity contribution in [3.8, 4) is 6.01 Å². The summed E-state index contributed by atoms with van der Waals surface area (Å²) in [6.07, 6.45) is 2.02. The van der Waals surface area contributed by atoms with Crippen molar-refractivity contribution in [3.05, 3.63) is 28.8 Å². The fraction of sp³-hybridized carbons (Fsp3) is 0.455. The van der Waals surface area contributed by atoms with E-state index in [0.717, 1.165) is 34.4 Å². The number of fused-ring (bicyclic) bond motifs is 1. The Morgan fingerprint density at radius 2 is 2.26 bits per heavy atom. The Labute approximate surface area is 229 Å². The Morgan fingerprint density at radius 3 is 3.00 bits per heavy atom. The van der Waals surface area contributed by atoms with Crippen LogP contribution in [0.2, 0.25) is 0 Å². The molecule has 39 heavy (non-hydrogen) atoms. The second kappa shape index (κ2) is 11.8. The number of amidine groups is 1. The van der Waals surface area contributed by atoms with Crippen LogP contribution in [0.15, 0.2) is 17.3 Å². The maximum absolute atomic E-state index is 14.4. The molecule has 0 saturated carbocycles. The molecule has 0 radical (unpaired) electrons. The lowest BCUT2D eigenvalue weighted by Gasteiger charge is -2.16. The fourth-order valence-corrected chi connectivity index (χ4v) is 6.04. The molecule has 0 spiro atoms. The normalized spacial score (nSPS) is 21.5. The molecule has 0 aromatic carbocycles. The third kappa shape index (κ3) is 5.66. The zero-order valence-corrected chi connectivity index (χ0v) is 22.3. The summed E-state index contributed by atoms with van der Waals surface area (Å²) in [5.41, 5.74) is 6.03. The van der Waals surface area contributed by atoms with Crippen LogP contribution in [0, 0.1) is 11.9 Å². The Kier molecular flexibility index (Phi) is 8.20. The van der Waals surface area contributed by atoms with Gasteiger partial charge < -0.3 is 20.5 Å². The number of alkyl halides is 1. The predicted octanol–water partition coefficient (Wildman–Crippen LogP) is 1.41. The van der Waals surface area contributed by atoms with Crippen molar-refractivity contribution in [2.75, 3.05) is 31.7 Å². The number of thiazole rings is 1. The summed E-state index contributed by atoms with van der Waals surface area (Å²) >= 11 is 1.98. The summed E-state index contributed by atoms with van der Waals surface area (Å²) in [7, 11) is 0. The van der Waals surface area contributed by atoms with E-state index in [1.54, 1.807) is 6.92 Å². The molecule has 2 aliphatic rings. The summed E-state index contributed by atoms with van der Waals surface area (Å²) in [4.78, 5) is 42.2. The summed E-state index contributed by atoms with van der Waals surface area (Å²) in [6, 6.07) is 1.13. The minimum atomic E-state index is -1.02. The number of nitrogens with zero attached hydrogens (tertiary/aromatic N) is 5. The number of carbonyl (C=O) groups is 2. The summed E-state index contributed by atoms with van der Waals surface area (Å²) in [5, 5.41) is 5.76. The van der Waals surface area contributed by atoms with E-state index in [9.17, 15) is 18.4 Å². The highest BCUT2D eigenvalue weighted by atomic mass is 32.2. The van der Waals surface area contributed by atoms with Crippen LogP contribution in [0.1, 0.15) is 28.7 Å². The number of carbonyl (C=O) groups excluding carboxylic acids is 2. The van der Waals surface area contributed by atoms with Gasteiger partial charge in [0.1, 0.15) is 28.7 Å². The SMILES string of the molecule is CCOc1nc(F)c2ccn(C(=O)c3sc(NC4SNC(=O)C4C(N)=NCCC4CNCO4)nc3CF)c2n1. The number of amides is 1. The number of halogens is 2. The molecular weight excluding hydrogens is 556 g/mol. The molecule has 5 heterocycles. The van der Waals surface area contributed by atoms with Crippen LogP contribution in [0.25, 0.3) is 11.0 Å². The van der Waals surface area contributed by atoms with Gasteiger partial charge in [-0.15, -0.1) is 0 Å². The topological polar surface area (TPSA) is 171 Å². The second-order valence-electron chi connectivity index (χ2n) is 8.50. The van der Waals surface area contributed by atoms with E-state index in [0.29, 0.717) is 19.7 Å². The van der Waals surface area contributed by atoms with Crippen LogP contribution in [0.5, 0.6) is 6.01 Å². The van der Waals surface area contributed by atoms with Crippen molar-refractivity contribution >= 4 is 57.1 Å². The Balaban J connectivity index is 1.35. The minimum absolute atomic E-state index is 0.0109. The quantitative estimate of drug-likeness (QED) is 0.118. The molecule has 3 atom stereocenters. The van der Waals surface area contributed by atoms with Gasteiger partial charge in [-0.25, -0.2) is 9.37 Å². The molecule has 3 aromatic heterocycles. The molecule has 17 heteroatoms. The van der Waals surface area contributed by atoms with Gasteiger partial charge in [-0.2, -0.15) is 14.4 Å². The van der Waals surface area contributed by atoms with Crippen LogP contribution in [-0.4, -0.2) is 75.1 Å². The zero-order chi connectivity index (χ0) is 27.5. The van der Waals surface area contributed by atoms with Gasteiger partial charge in [0.05, 0.1) is 30.5 Å². The van der Waals surface area contributed by atoms with Crippen LogP contribution in [-0.2, 0) is 16.2 Å². The summed E-state index contributed by atoms with van der Waals surface area (Å²) in [5.74, 6) is -2.50. The molecule has 1 amide bonds. The van der Waals surface area contributed by atoms with Crippen LogP contribution >= 0.6 is 23.3 Å². The number of aromatic nitrogens is 4. The van der Waals surface area contributed by atoms with Gasteiger partial charge in [0.25, 0.3) is 5.91 Å². The van der Waals surface area contributed by atoms with Gasteiger partial charge in [0, 0.05) is 19.3 Å². The molecule has 13 nitrogen and oxygen atoms in total. The largest absolute Gasteiger partial charge is 0.464 e. The van der Waals surface area contributed by atoms with Crippen molar-refractivity contribution in [3.63, 3.8) is 0 Å². The highest BCUT2D eigenvalue weighted by Gasteiger charge is 2.39. The third-order valence-corrected chi connectivity index (χ3v) is 7.96. The predicted molar refractivity (Wildman–Crippen MR) is 141 cm³/mol. The minimum Gasteiger partial charge on any atom is -0.464 e. The second-order valence-corrected chi connectivity index (χ2v) is 10.4. The number of nitrogens with one attached hydrogen (secondary N) is 3. The standard InChI is InChI=1S/C22H25F2N9O4S2/c1-2-36-21-29-15(24)11-4-6-33(17(11)30-21)20(35)14-12(7-23)28-22(38-14)31-19-13(18(34)32-39-19)16(25)27-5-3-10-8-26-9-37-10/h4,6,10,13,19,26H,2-3,5,7-9H2,1H3,(H2,25,27)(H,28,31)(H,32,34). The lowest BCUT2D eigenvalue weighted by molar-refractivity contribution is -0.120. The highest BCUT2D eigenvalue weighted by Crippen LogP contribution is 2.32. The van der Waals surface area contributed by atoms with Crippen molar-refractivity contribution in [1.82, 2.24) is 29.6 Å². The van der Waals surface area contributed by atoms with Crippen LogP contribution < -0.4 is 25.8 Å². The van der Waals surface area contributed by atoms with Gasteiger partial charge in [-0.05, 0) is 31.4 Å². The lowest BCUT2D eigenvalue weighted by Crippen LogP contribution is -2.38. The molecule has 0 bridgehead atoms. The van der Waals surface area contributed by atoms with Gasteiger partial charge in [0.15, 0.2) is 10.8 Å². The highest BCUT2D eigenvalue weighted by molar-refractivity contribution is 7.99. The average molecular weight is 582 g/mol. The van der Waals surface area contributed by atoms with Crippen LogP contribution in [0.3, 0.4) is 0 Å². The molecule has 208 valence electrons. The van der Waals surface area contributed by atoms with Crippen molar-refractivity contribution in [1.29, 1.82) is 0 Å². The Morgan fingerprint density at radius 1 is 1.41 bits per heavy atom. The van der Waals surface area contributed by atoms with Crippen LogP contribution in [0.4, 0.5) is 13.9 Å². The average Bonchev–Trinajstić information content (AvgIpc) is 3.71. The lowest BCUT2D eigenvalue weighted by atomic mass is 10.1. The Bertz CT molecular complexity index is 1410. The number of aliphatic imine (C=N–C) groups is 1. The fourth-order valence-electron chi connectivity index (χ4n) is 4.09. The van der Waals surface area contributed by atoms with E-state index in [1.165, 1.54) is 12.3 Å². The first-order valence-electron chi connectivity index (χ1n) is 12.0. The van der Waals surface area contributed by atoms with E-state index < -0.39 is 29.8 Å². The number of anilines is 1.